The van der Waals surface area contributed by atoms with Gasteiger partial charge in [-0.3, -0.25) is 0 Å². The summed E-state index contributed by atoms with van der Waals surface area (Å²) in [6, 6.07) is 7.45. The average Bonchev–Trinajstić information content (AvgIpc) is 2.34. The molecule has 0 aromatic heterocycles. The number of nitrogens with zero attached hydrogens (tertiary/aromatic N) is 1. The van der Waals surface area contributed by atoms with Gasteiger partial charge in [-0.1, -0.05) is 28.9 Å². The second-order valence-electron chi connectivity index (χ2n) is 4.02. The summed E-state index contributed by atoms with van der Waals surface area (Å²) in [5.74, 6) is 0.340. The molecule has 0 unspecified atom stereocenters. The minimum absolute atomic E-state index is 0.340. The number of piperidine rings is 1. The molecule has 0 amide bonds. The SMILES string of the molecule is ON=C(c1ccc(Cl)cc1)C1CCNCC1. The number of benzene rings is 1. The summed E-state index contributed by atoms with van der Waals surface area (Å²) in [6.45, 7) is 1.97. The van der Waals surface area contributed by atoms with Crippen molar-refractivity contribution in [2.75, 3.05) is 13.1 Å². The number of hydrogen-bond acceptors (Lipinski definition) is 3. The van der Waals surface area contributed by atoms with E-state index >= 15 is 0 Å². The third-order valence-electron chi connectivity index (χ3n) is 2.97. The van der Waals surface area contributed by atoms with E-state index in [4.69, 9.17) is 16.8 Å². The highest BCUT2D eigenvalue weighted by molar-refractivity contribution is 6.30. The van der Waals surface area contributed by atoms with Crippen LogP contribution in [0.25, 0.3) is 0 Å². The van der Waals surface area contributed by atoms with Gasteiger partial charge in [0.2, 0.25) is 0 Å². The molecule has 0 atom stereocenters. The van der Waals surface area contributed by atoms with E-state index in [1.54, 1.807) is 0 Å². The largest absolute Gasteiger partial charge is 0.411 e. The maximum Gasteiger partial charge on any atom is 0.0899 e. The van der Waals surface area contributed by atoms with Gasteiger partial charge < -0.3 is 10.5 Å². The van der Waals surface area contributed by atoms with Crippen molar-refractivity contribution in [1.29, 1.82) is 0 Å². The van der Waals surface area contributed by atoms with Crippen LogP contribution in [0.1, 0.15) is 18.4 Å². The molecule has 1 aromatic carbocycles. The standard InChI is InChI=1S/C12H15ClN2O/c13-11-3-1-9(2-4-11)12(15-16)10-5-7-14-8-6-10/h1-4,10,14,16H,5-8H2. The zero-order chi connectivity index (χ0) is 11.4. The second-order valence-corrected chi connectivity index (χ2v) is 4.45. The van der Waals surface area contributed by atoms with Crippen molar-refractivity contribution in [3.63, 3.8) is 0 Å². The van der Waals surface area contributed by atoms with Crippen LogP contribution in [0, 0.1) is 5.92 Å². The fourth-order valence-electron chi connectivity index (χ4n) is 2.09. The lowest BCUT2D eigenvalue weighted by Gasteiger charge is -2.23. The van der Waals surface area contributed by atoms with E-state index in [2.05, 4.69) is 10.5 Å². The van der Waals surface area contributed by atoms with Crippen LogP contribution in [0.15, 0.2) is 29.4 Å². The van der Waals surface area contributed by atoms with Crippen LogP contribution in [-0.2, 0) is 0 Å². The molecule has 0 saturated carbocycles. The molecule has 3 nitrogen and oxygen atoms in total. The number of nitrogens with one attached hydrogen (secondary N) is 1. The lowest BCUT2D eigenvalue weighted by atomic mass is 9.89. The summed E-state index contributed by atoms with van der Waals surface area (Å²) in [7, 11) is 0. The molecule has 1 aliphatic rings. The molecule has 1 aliphatic heterocycles. The fraction of sp³-hybridized carbons (Fsp3) is 0.417. The molecule has 1 saturated heterocycles. The minimum Gasteiger partial charge on any atom is -0.411 e. The smallest absolute Gasteiger partial charge is 0.0899 e. The minimum atomic E-state index is 0.340. The predicted octanol–water partition coefficient (Wildman–Crippen LogP) is 2.52. The van der Waals surface area contributed by atoms with Gasteiger partial charge in [0.1, 0.15) is 0 Å². The van der Waals surface area contributed by atoms with E-state index in [9.17, 15) is 0 Å². The molecule has 16 heavy (non-hydrogen) atoms. The third-order valence-corrected chi connectivity index (χ3v) is 3.23. The Balaban J connectivity index is 2.18. The predicted molar refractivity (Wildman–Crippen MR) is 65.4 cm³/mol. The van der Waals surface area contributed by atoms with Crippen molar-refractivity contribution >= 4 is 17.3 Å². The van der Waals surface area contributed by atoms with Crippen molar-refractivity contribution in [3.8, 4) is 0 Å². The Kier molecular flexibility index (Phi) is 3.80. The first-order valence-electron chi connectivity index (χ1n) is 5.50. The van der Waals surface area contributed by atoms with Crippen molar-refractivity contribution in [2.45, 2.75) is 12.8 Å². The van der Waals surface area contributed by atoms with E-state index in [1.165, 1.54) is 0 Å². The Labute approximate surface area is 100 Å². The average molecular weight is 239 g/mol. The lowest BCUT2D eigenvalue weighted by molar-refractivity contribution is 0.311. The molecule has 1 fully saturated rings. The van der Waals surface area contributed by atoms with Gasteiger partial charge >= 0.3 is 0 Å². The summed E-state index contributed by atoms with van der Waals surface area (Å²) in [4.78, 5) is 0. The van der Waals surface area contributed by atoms with Crippen LogP contribution < -0.4 is 5.32 Å². The van der Waals surface area contributed by atoms with Gasteiger partial charge in [0.15, 0.2) is 0 Å². The van der Waals surface area contributed by atoms with Gasteiger partial charge in [-0.25, -0.2) is 0 Å². The first-order chi connectivity index (χ1) is 7.81. The van der Waals surface area contributed by atoms with Gasteiger partial charge in [0, 0.05) is 10.9 Å². The molecule has 2 N–H and O–H groups in total. The normalized spacial score (nSPS) is 18.7. The summed E-state index contributed by atoms with van der Waals surface area (Å²) < 4.78 is 0. The van der Waals surface area contributed by atoms with E-state index in [0.717, 1.165) is 37.2 Å². The summed E-state index contributed by atoms with van der Waals surface area (Å²) >= 11 is 5.83. The van der Waals surface area contributed by atoms with Crippen LogP contribution in [0.2, 0.25) is 5.02 Å². The van der Waals surface area contributed by atoms with Gasteiger partial charge in [0.25, 0.3) is 0 Å². The number of oxime groups is 1. The van der Waals surface area contributed by atoms with Crippen LogP contribution in [-0.4, -0.2) is 24.0 Å². The second kappa shape index (κ2) is 5.32. The highest BCUT2D eigenvalue weighted by atomic mass is 35.5. The van der Waals surface area contributed by atoms with Crippen molar-refractivity contribution < 1.29 is 5.21 Å². The molecule has 86 valence electrons. The fourth-order valence-corrected chi connectivity index (χ4v) is 2.22. The Morgan fingerprint density at radius 1 is 1.25 bits per heavy atom. The van der Waals surface area contributed by atoms with Crippen LogP contribution in [0.3, 0.4) is 0 Å². The van der Waals surface area contributed by atoms with Crippen LogP contribution in [0.5, 0.6) is 0 Å². The number of hydrogen-bond donors (Lipinski definition) is 2. The van der Waals surface area contributed by atoms with E-state index in [1.807, 2.05) is 24.3 Å². The van der Waals surface area contributed by atoms with Gasteiger partial charge in [-0.05, 0) is 43.6 Å². The Bertz CT molecular complexity index is 369. The summed E-state index contributed by atoms with van der Waals surface area (Å²) in [5.41, 5.74) is 1.73. The lowest BCUT2D eigenvalue weighted by Crippen LogP contribution is -2.32. The zero-order valence-corrected chi connectivity index (χ0v) is 9.74. The third kappa shape index (κ3) is 2.54. The molecule has 2 rings (SSSR count). The first kappa shape index (κ1) is 11.4. The highest BCUT2D eigenvalue weighted by Crippen LogP contribution is 2.20. The molecule has 0 spiro atoms. The number of halogens is 1. The van der Waals surface area contributed by atoms with Crippen molar-refractivity contribution in [3.05, 3.63) is 34.9 Å². The molecule has 1 aromatic rings. The molecular weight excluding hydrogens is 224 g/mol. The van der Waals surface area contributed by atoms with Crippen LogP contribution >= 0.6 is 11.6 Å². The van der Waals surface area contributed by atoms with E-state index in [-0.39, 0.29) is 0 Å². The molecule has 1 heterocycles. The maximum absolute atomic E-state index is 9.14. The molecule has 0 aliphatic carbocycles. The summed E-state index contributed by atoms with van der Waals surface area (Å²) in [5, 5.41) is 16.6. The van der Waals surface area contributed by atoms with Gasteiger partial charge in [0.05, 0.1) is 5.71 Å². The Hall–Kier alpha value is -1.06. The molecule has 4 heteroatoms. The topological polar surface area (TPSA) is 44.6 Å². The van der Waals surface area contributed by atoms with Gasteiger partial charge in [-0.2, -0.15) is 0 Å². The summed E-state index contributed by atoms with van der Waals surface area (Å²) in [6.07, 6.45) is 2.03. The quantitative estimate of drug-likeness (QED) is 0.473. The van der Waals surface area contributed by atoms with E-state index in [0.29, 0.717) is 10.9 Å². The molecular formula is C12H15ClN2O. The highest BCUT2D eigenvalue weighted by Gasteiger charge is 2.20. The zero-order valence-electron chi connectivity index (χ0n) is 8.99. The maximum atomic E-state index is 9.14. The monoisotopic (exact) mass is 238 g/mol. The Morgan fingerprint density at radius 2 is 1.88 bits per heavy atom. The van der Waals surface area contributed by atoms with Crippen molar-refractivity contribution in [1.82, 2.24) is 5.32 Å². The number of rotatable bonds is 2. The molecule has 0 radical (unpaired) electrons. The molecule has 0 bridgehead atoms. The first-order valence-corrected chi connectivity index (χ1v) is 5.87. The Morgan fingerprint density at radius 3 is 2.44 bits per heavy atom. The van der Waals surface area contributed by atoms with Crippen molar-refractivity contribution in [2.24, 2.45) is 11.1 Å². The van der Waals surface area contributed by atoms with Crippen LogP contribution in [0.4, 0.5) is 0 Å². The van der Waals surface area contributed by atoms with Gasteiger partial charge in [-0.15, -0.1) is 0 Å². The van der Waals surface area contributed by atoms with E-state index < -0.39 is 0 Å².